The molecule has 0 atom stereocenters. The smallest absolute Gasteiger partial charge is 0.267 e. The molecule has 1 aliphatic rings. The Bertz CT molecular complexity index is 738. The first kappa shape index (κ1) is 15.5. The summed E-state index contributed by atoms with van der Waals surface area (Å²) in [6, 6.07) is 10.8. The van der Waals surface area contributed by atoms with Gasteiger partial charge in [0, 0.05) is 18.2 Å². The summed E-state index contributed by atoms with van der Waals surface area (Å²) in [5, 5.41) is 7.32. The summed E-state index contributed by atoms with van der Waals surface area (Å²) in [4.78, 5) is 24.1. The Morgan fingerprint density at radius 1 is 1.13 bits per heavy atom. The molecule has 120 valence electrons. The lowest BCUT2D eigenvalue weighted by Gasteiger charge is -2.10. The van der Waals surface area contributed by atoms with Crippen molar-refractivity contribution in [3.8, 4) is 0 Å². The van der Waals surface area contributed by atoms with Gasteiger partial charge in [0.15, 0.2) is 0 Å². The summed E-state index contributed by atoms with van der Waals surface area (Å²) in [7, 11) is 0. The summed E-state index contributed by atoms with van der Waals surface area (Å²) < 4.78 is 1.47. The number of nitrogens with zero attached hydrogens (tertiary/aromatic N) is 2. The molecule has 1 amide bonds. The molecule has 5 nitrogen and oxygen atoms in total. The van der Waals surface area contributed by atoms with Crippen LogP contribution in [0.4, 0.5) is 0 Å². The largest absolute Gasteiger partial charge is 0.350 e. The summed E-state index contributed by atoms with van der Waals surface area (Å²) >= 11 is 0. The third-order valence-electron chi connectivity index (χ3n) is 4.17. The number of nitrogens with one attached hydrogen (secondary N) is 1. The lowest BCUT2D eigenvalue weighted by molar-refractivity contribution is 0.0951. The molecule has 0 aliphatic heterocycles. The Balaban J connectivity index is 1.63. The monoisotopic (exact) mass is 311 g/mol. The molecular weight excluding hydrogens is 290 g/mol. The molecule has 0 saturated heterocycles. The maximum absolute atomic E-state index is 12.1. The van der Waals surface area contributed by atoms with Crippen LogP contribution in [0.15, 0.2) is 41.2 Å². The Kier molecular flexibility index (Phi) is 4.86. The van der Waals surface area contributed by atoms with E-state index in [2.05, 4.69) is 10.4 Å². The molecule has 5 heteroatoms. The highest BCUT2D eigenvalue weighted by atomic mass is 16.1. The van der Waals surface area contributed by atoms with Crippen molar-refractivity contribution >= 4 is 5.91 Å². The molecule has 1 heterocycles. The van der Waals surface area contributed by atoms with Crippen LogP contribution in [0.25, 0.3) is 0 Å². The minimum Gasteiger partial charge on any atom is -0.350 e. The molecule has 0 unspecified atom stereocenters. The van der Waals surface area contributed by atoms with Gasteiger partial charge in [-0.1, -0.05) is 24.6 Å². The van der Waals surface area contributed by atoms with Crippen molar-refractivity contribution in [1.82, 2.24) is 15.1 Å². The zero-order valence-corrected chi connectivity index (χ0v) is 13.1. The first-order valence-electron chi connectivity index (χ1n) is 8.17. The maximum Gasteiger partial charge on any atom is 0.267 e. The molecule has 0 bridgehead atoms. The number of carbonyl (C=O) groups excluding carboxylic acids is 1. The molecule has 0 spiro atoms. The van der Waals surface area contributed by atoms with Gasteiger partial charge < -0.3 is 5.32 Å². The quantitative estimate of drug-likeness (QED) is 0.878. The lowest BCUT2D eigenvalue weighted by Crippen LogP contribution is -2.32. The van der Waals surface area contributed by atoms with Gasteiger partial charge in [-0.25, -0.2) is 4.68 Å². The highest BCUT2D eigenvalue weighted by Gasteiger charge is 2.12. The van der Waals surface area contributed by atoms with Crippen molar-refractivity contribution in [2.24, 2.45) is 0 Å². The third kappa shape index (κ3) is 3.86. The molecule has 0 fully saturated rings. The Morgan fingerprint density at radius 2 is 1.91 bits per heavy atom. The van der Waals surface area contributed by atoms with E-state index in [0.717, 1.165) is 36.9 Å². The number of benzene rings is 1. The van der Waals surface area contributed by atoms with Crippen molar-refractivity contribution in [1.29, 1.82) is 0 Å². The topological polar surface area (TPSA) is 64.0 Å². The number of aromatic nitrogens is 2. The van der Waals surface area contributed by atoms with Crippen molar-refractivity contribution in [2.75, 3.05) is 6.54 Å². The number of hydrogen-bond acceptors (Lipinski definition) is 3. The molecule has 2 aromatic rings. The summed E-state index contributed by atoms with van der Waals surface area (Å²) in [5.41, 5.74) is 2.67. The number of fused-ring (bicyclic) bond motifs is 1. The normalized spacial score (nSPS) is 13.9. The molecular formula is C18H21N3O2. The van der Waals surface area contributed by atoms with E-state index in [1.165, 1.54) is 11.1 Å². The second kappa shape index (κ2) is 7.22. The van der Waals surface area contributed by atoms with E-state index in [4.69, 9.17) is 0 Å². The van der Waals surface area contributed by atoms with Crippen molar-refractivity contribution < 1.29 is 4.79 Å². The van der Waals surface area contributed by atoms with E-state index >= 15 is 0 Å². The molecule has 0 radical (unpaired) electrons. The van der Waals surface area contributed by atoms with Crippen LogP contribution in [0.2, 0.25) is 0 Å². The fourth-order valence-corrected chi connectivity index (χ4v) is 2.90. The predicted molar refractivity (Wildman–Crippen MR) is 88.5 cm³/mol. The van der Waals surface area contributed by atoms with Gasteiger partial charge >= 0.3 is 0 Å². The Hall–Kier alpha value is -2.43. The molecule has 3 rings (SSSR count). The summed E-state index contributed by atoms with van der Waals surface area (Å²) in [6.45, 7) is 0.782. The van der Waals surface area contributed by atoms with E-state index < -0.39 is 0 Å². The standard InChI is InChI=1S/C18H21N3O2/c22-17-13-15-9-5-2-6-10-16(15)20-21(17)12-11-19-18(23)14-7-3-1-4-8-14/h1,3-4,7-8,13H,2,5-6,9-12H2,(H,19,23). The highest BCUT2D eigenvalue weighted by molar-refractivity contribution is 5.94. The minimum absolute atomic E-state index is 0.0837. The molecule has 1 aromatic heterocycles. The molecule has 23 heavy (non-hydrogen) atoms. The number of aryl methyl sites for hydroxylation is 2. The van der Waals surface area contributed by atoms with Crippen LogP contribution in [0.3, 0.4) is 0 Å². The second-order valence-electron chi connectivity index (χ2n) is 5.86. The molecule has 1 N–H and O–H groups in total. The fourth-order valence-electron chi connectivity index (χ4n) is 2.90. The van der Waals surface area contributed by atoms with Crippen LogP contribution in [0, 0.1) is 0 Å². The van der Waals surface area contributed by atoms with Gasteiger partial charge in [0.2, 0.25) is 0 Å². The van der Waals surface area contributed by atoms with Gasteiger partial charge in [0.05, 0.1) is 12.2 Å². The van der Waals surface area contributed by atoms with Crippen LogP contribution < -0.4 is 10.9 Å². The van der Waals surface area contributed by atoms with Gasteiger partial charge in [0.1, 0.15) is 0 Å². The summed E-state index contributed by atoms with van der Waals surface area (Å²) in [6.07, 6.45) is 5.33. The van der Waals surface area contributed by atoms with Crippen molar-refractivity contribution in [3.63, 3.8) is 0 Å². The SMILES string of the molecule is O=C(NCCn1nc2c(cc1=O)CCCCC2)c1ccccc1. The maximum atomic E-state index is 12.1. The van der Waals surface area contributed by atoms with Crippen molar-refractivity contribution in [3.05, 3.63) is 63.6 Å². The number of rotatable bonds is 4. The van der Waals surface area contributed by atoms with Gasteiger partial charge in [-0.2, -0.15) is 5.10 Å². The van der Waals surface area contributed by atoms with Gasteiger partial charge in [-0.15, -0.1) is 0 Å². The van der Waals surface area contributed by atoms with Gasteiger partial charge in [0.25, 0.3) is 11.5 Å². The first-order valence-corrected chi connectivity index (χ1v) is 8.17. The number of carbonyl (C=O) groups is 1. The van der Waals surface area contributed by atoms with Gasteiger partial charge in [-0.3, -0.25) is 9.59 Å². The Labute approximate surface area is 135 Å². The Morgan fingerprint density at radius 3 is 2.74 bits per heavy atom. The second-order valence-corrected chi connectivity index (χ2v) is 5.86. The van der Waals surface area contributed by atoms with E-state index in [-0.39, 0.29) is 11.5 Å². The van der Waals surface area contributed by atoms with E-state index in [1.807, 2.05) is 18.2 Å². The number of hydrogen-bond donors (Lipinski definition) is 1. The minimum atomic E-state index is -0.131. The first-order chi connectivity index (χ1) is 11.2. The van der Waals surface area contributed by atoms with Crippen LogP contribution >= 0.6 is 0 Å². The predicted octanol–water partition coefficient (Wildman–Crippen LogP) is 1.94. The van der Waals surface area contributed by atoms with Crippen LogP contribution in [0.1, 0.15) is 40.9 Å². The molecule has 1 aliphatic carbocycles. The van der Waals surface area contributed by atoms with Crippen molar-refractivity contribution in [2.45, 2.75) is 38.6 Å². The molecule has 1 aromatic carbocycles. The highest BCUT2D eigenvalue weighted by Crippen LogP contribution is 2.16. The van der Waals surface area contributed by atoms with Crippen LogP contribution in [-0.2, 0) is 19.4 Å². The van der Waals surface area contributed by atoms with E-state index in [9.17, 15) is 9.59 Å². The third-order valence-corrected chi connectivity index (χ3v) is 4.17. The number of amides is 1. The fraction of sp³-hybridized carbons (Fsp3) is 0.389. The average molecular weight is 311 g/mol. The van der Waals surface area contributed by atoms with E-state index in [1.54, 1.807) is 18.2 Å². The van der Waals surface area contributed by atoms with Crippen LogP contribution in [0.5, 0.6) is 0 Å². The zero-order chi connectivity index (χ0) is 16.1. The zero-order valence-electron chi connectivity index (χ0n) is 13.1. The lowest BCUT2D eigenvalue weighted by atomic mass is 10.1. The average Bonchev–Trinajstić information content (AvgIpc) is 2.80. The van der Waals surface area contributed by atoms with Crippen LogP contribution in [-0.4, -0.2) is 22.2 Å². The summed E-state index contributed by atoms with van der Waals surface area (Å²) in [5.74, 6) is -0.131. The van der Waals surface area contributed by atoms with E-state index in [0.29, 0.717) is 18.7 Å². The molecule has 0 saturated carbocycles. The van der Waals surface area contributed by atoms with Gasteiger partial charge in [-0.05, 0) is 43.4 Å².